The van der Waals surface area contributed by atoms with E-state index in [1.165, 1.54) is 0 Å². The standard InChI is InChI=1S/C20H33N3O3/c1-15(2)12-16(22-19(24)26-20(3,4)5)13-23-11-8-18(14-23)25-17-6-9-21-10-7-17/h6-7,9-10,15-16,18H,8,11-14H2,1-5H3,(H,22,24)/t16-,18+/m1/s1. The molecule has 26 heavy (non-hydrogen) atoms. The van der Waals surface area contributed by atoms with Gasteiger partial charge in [0.2, 0.25) is 0 Å². The topological polar surface area (TPSA) is 63.7 Å². The first-order chi connectivity index (χ1) is 12.2. The zero-order valence-electron chi connectivity index (χ0n) is 16.7. The number of hydrogen-bond donors (Lipinski definition) is 1. The van der Waals surface area contributed by atoms with Gasteiger partial charge >= 0.3 is 6.09 Å². The van der Waals surface area contributed by atoms with Crippen LogP contribution >= 0.6 is 0 Å². The van der Waals surface area contributed by atoms with Crippen molar-refractivity contribution in [3.8, 4) is 5.75 Å². The minimum Gasteiger partial charge on any atom is -0.489 e. The summed E-state index contributed by atoms with van der Waals surface area (Å²) in [4.78, 5) is 18.5. The van der Waals surface area contributed by atoms with Crippen molar-refractivity contribution >= 4 is 6.09 Å². The van der Waals surface area contributed by atoms with Gasteiger partial charge in [-0.25, -0.2) is 4.79 Å². The molecule has 1 aromatic rings. The van der Waals surface area contributed by atoms with E-state index in [0.29, 0.717) is 5.92 Å². The number of alkyl carbamates (subject to hydrolysis) is 1. The molecule has 0 aromatic carbocycles. The molecule has 0 aliphatic carbocycles. The van der Waals surface area contributed by atoms with E-state index >= 15 is 0 Å². The third-order valence-corrected chi connectivity index (χ3v) is 4.14. The predicted molar refractivity (Wildman–Crippen MR) is 102 cm³/mol. The Kier molecular flexibility index (Phi) is 7.26. The van der Waals surface area contributed by atoms with Crippen LogP contribution in [0.2, 0.25) is 0 Å². The zero-order valence-corrected chi connectivity index (χ0v) is 16.7. The van der Waals surface area contributed by atoms with Gasteiger partial charge < -0.3 is 14.8 Å². The Hall–Kier alpha value is -1.82. The molecule has 0 saturated carbocycles. The summed E-state index contributed by atoms with van der Waals surface area (Å²) in [7, 11) is 0. The Bertz CT molecular complexity index is 557. The molecule has 146 valence electrons. The van der Waals surface area contributed by atoms with Crippen LogP contribution in [0.1, 0.15) is 47.5 Å². The van der Waals surface area contributed by atoms with Gasteiger partial charge in [0.15, 0.2) is 0 Å². The zero-order chi connectivity index (χ0) is 19.2. The Morgan fingerprint density at radius 3 is 2.65 bits per heavy atom. The molecular weight excluding hydrogens is 330 g/mol. The fraction of sp³-hybridized carbons (Fsp3) is 0.700. The highest BCUT2D eigenvalue weighted by Gasteiger charge is 2.28. The molecule has 0 unspecified atom stereocenters. The quantitative estimate of drug-likeness (QED) is 0.803. The number of carbonyl (C=O) groups excluding carboxylic acids is 1. The summed E-state index contributed by atoms with van der Waals surface area (Å²) in [6.45, 7) is 12.6. The van der Waals surface area contributed by atoms with Gasteiger partial charge in [-0.3, -0.25) is 9.88 Å². The predicted octanol–water partition coefficient (Wildman–Crippen LogP) is 3.47. The Balaban J connectivity index is 1.85. The molecule has 1 amide bonds. The Morgan fingerprint density at radius 2 is 2.04 bits per heavy atom. The van der Waals surface area contributed by atoms with E-state index in [9.17, 15) is 4.79 Å². The molecule has 1 aliphatic heterocycles. The minimum atomic E-state index is -0.483. The minimum absolute atomic E-state index is 0.0736. The summed E-state index contributed by atoms with van der Waals surface area (Å²) in [6, 6.07) is 3.84. The smallest absolute Gasteiger partial charge is 0.407 e. The highest BCUT2D eigenvalue weighted by atomic mass is 16.6. The van der Waals surface area contributed by atoms with Crippen LogP contribution in [-0.2, 0) is 4.74 Å². The average Bonchev–Trinajstić information content (AvgIpc) is 2.92. The second-order valence-electron chi connectivity index (χ2n) is 8.44. The van der Waals surface area contributed by atoms with Crippen molar-refractivity contribution in [1.82, 2.24) is 15.2 Å². The number of amides is 1. The van der Waals surface area contributed by atoms with E-state index in [-0.39, 0.29) is 18.2 Å². The van der Waals surface area contributed by atoms with Crippen molar-refractivity contribution in [2.24, 2.45) is 5.92 Å². The van der Waals surface area contributed by atoms with Gasteiger partial charge in [-0.2, -0.15) is 0 Å². The number of rotatable bonds is 7. The number of ether oxygens (including phenoxy) is 2. The summed E-state index contributed by atoms with van der Waals surface area (Å²) in [5.41, 5.74) is -0.483. The van der Waals surface area contributed by atoms with Crippen molar-refractivity contribution in [2.75, 3.05) is 19.6 Å². The molecule has 1 aliphatic rings. The number of nitrogens with zero attached hydrogens (tertiary/aromatic N) is 2. The van der Waals surface area contributed by atoms with Crippen molar-refractivity contribution in [3.63, 3.8) is 0 Å². The van der Waals surface area contributed by atoms with E-state index in [1.807, 2.05) is 32.9 Å². The lowest BCUT2D eigenvalue weighted by atomic mass is 10.0. The highest BCUT2D eigenvalue weighted by Crippen LogP contribution is 2.19. The maximum absolute atomic E-state index is 12.1. The van der Waals surface area contributed by atoms with Crippen LogP contribution in [0.4, 0.5) is 4.79 Å². The van der Waals surface area contributed by atoms with Crippen molar-refractivity contribution in [1.29, 1.82) is 0 Å². The van der Waals surface area contributed by atoms with Crippen molar-refractivity contribution in [2.45, 2.75) is 65.2 Å². The molecule has 1 saturated heterocycles. The van der Waals surface area contributed by atoms with Gasteiger partial charge in [-0.05, 0) is 51.7 Å². The number of carbonyl (C=O) groups is 1. The molecule has 1 N–H and O–H groups in total. The van der Waals surface area contributed by atoms with Crippen LogP contribution in [0.3, 0.4) is 0 Å². The van der Waals surface area contributed by atoms with Gasteiger partial charge in [0.25, 0.3) is 0 Å². The van der Waals surface area contributed by atoms with Gasteiger partial charge in [0.05, 0.1) is 0 Å². The Labute approximate surface area is 157 Å². The normalized spacial score (nSPS) is 19.4. The third-order valence-electron chi connectivity index (χ3n) is 4.14. The second kappa shape index (κ2) is 9.21. The van der Waals surface area contributed by atoms with E-state index in [0.717, 1.165) is 38.2 Å². The number of pyridine rings is 1. The van der Waals surface area contributed by atoms with Gasteiger partial charge in [-0.15, -0.1) is 0 Å². The van der Waals surface area contributed by atoms with Crippen LogP contribution in [-0.4, -0.2) is 53.4 Å². The van der Waals surface area contributed by atoms with Crippen LogP contribution in [0.15, 0.2) is 24.5 Å². The highest BCUT2D eigenvalue weighted by molar-refractivity contribution is 5.68. The largest absolute Gasteiger partial charge is 0.489 e. The van der Waals surface area contributed by atoms with E-state index in [2.05, 4.69) is 29.0 Å². The van der Waals surface area contributed by atoms with Crippen LogP contribution in [0.5, 0.6) is 5.75 Å². The lowest BCUT2D eigenvalue weighted by Gasteiger charge is -2.27. The number of aromatic nitrogens is 1. The Morgan fingerprint density at radius 1 is 1.35 bits per heavy atom. The molecule has 1 aromatic heterocycles. The lowest BCUT2D eigenvalue weighted by molar-refractivity contribution is 0.0486. The maximum Gasteiger partial charge on any atom is 0.407 e. The molecule has 0 bridgehead atoms. The average molecular weight is 364 g/mol. The maximum atomic E-state index is 12.1. The number of hydrogen-bond acceptors (Lipinski definition) is 5. The fourth-order valence-corrected chi connectivity index (χ4v) is 3.20. The lowest BCUT2D eigenvalue weighted by Crippen LogP contribution is -2.46. The molecule has 0 radical (unpaired) electrons. The van der Waals surface area contributed by atoms with Crippen LogP contribution < -0.4 is 10.1 Å². The molecule has 1 fully saturated rings. The SMILES string of the molecule is CC(C)C[C@H](CN1CC[C@H](Oc2ccncc2)C1)NC(=O)OC(C)(C)C. The molecule has 2 atom stereocenters. The first kappa shape index (κ1) is 20.5. The van der Waals surface area contributed by atoms with E-state index < -0.39 is 5.60 Å². The molecule has 6 nitrogen and oxygen atoms in total. The molecule has 2 heterocycles. The summed E-state index contributed by atoms with van der Waals surface area (Å²) in [5.74, 6) is 1.36. The number of likely N-dealkylation sites (tertiary alicyclic amines) is 1. The summed E-state index contributed by atoms with van der Waals surface area (Å²) in [5, 5.41) is 3.04. The molecule has 2 rings (SSSR count). The van der Waals surface area contributed by atoms with Crippen molar-refractivity contribution < 1.29 is 14.3 Å². The second-order valence-corrected chi connectivity index (χ2v) is 8.44. The first-order valence-electron chi connectivity index (χ1n) is 9.50. The third kappa shape index (κ3) is 7.60. The monoisotopic (exact) mass is 363 g/mol. The summed E-state index contributed by atoms with van der Waals surface area (Å²) in [6.07, 6.45) is 5.23. The van der Waals surface area contributed by atoms with Crippen LogP contribution in [0.25, 0.3) is 0 Å². The molecule has 6 heteroatoms. The van der Waals surface area contributed by atoms with Crippen LogP contribution in [0, 0.1) is 5.92 Å². The summed E-state index contributed by atoms with van der Waals surface area (Å²) >= 11 is 0. The van der Waals surface area contributed by atoms with E-state index in [4.69, 9.17) is 9.47 Å². The van der Waals surface area contributed by atoms with Crippen molar-refractivity contribution in [3.05, 3.63) is 24.5 Å². The van der Waals surface area contributed by atoms with Gasteiger partial charge in [-0.1, -0.05) is 13.8 Å². The first-order valence-corrected chi connectivity index (χ1v) is 9.50. The van der Waals surface area contributed by atoms with Gasteiger partial charge in [0, 0.05) is 38.1 Å². The van der Waals surface area contributed by atoms with E-state index in [1.54, 1.807) is 12.4 Å². The van der Waals surface area contributed by atoms with Gasteiger partial charge in [0.1, 0.15) is 17.5 Å². The fourth-order valence-electron chi connectivity index (χ4n) is 3.20. The number of nitrogens with one attached hydrogen (secondary N) is 1. The summed E-state index contributed by atoms with van der Waals surface area (Å²) < 4.78 is 11.4. The molecule has 0 spiro atoms. The molecular formula is C20H33N3O3.